The van der Waals surface area contributed by atoms with Gasteiger partial charge in [0.05, 0.1) is 18.8 Å². The van der Waals surface area contributed by atoms with Crippen LogP contribution >= 0.6 is 24.0 Å². The Morgan fingerprint density at radius 2 is 1.77 bits per heavy atom. The molecule has 0 aromatic carbocycles. The average molecular weight is 547 g/mol. The Morgan fingerprint density at radius 1 is 1.03 bits per heavy atom. The highest BCUT2D eigenvalue weighted by Gasteiger charge is 2.25. The molecule has 3 heterocycles. The van der Waals surface area contributed by atoms with Crippen molar-refractivity contribution in [3.63, 3.8) is 0 Å². The first-order valence-electron chi connectivity index (χ1n) is 12.0. The van der Waals surface area contributed by atoms with Crippen LogP contribution in [0.2, 0.25) is 0 Å². The van der Waals surface area contributed by atoms with Crippen molar-refractivity contribution >= 4 is 29.9 Å². The van der Waals surface area contributed by atoms with Crippen LogP contribution in [-0.4, -0.2) is 92.1 Å². The summed E-state index contributed by atoms with van der Waals surface area (Å²) in [5.74, 6) is 1.95. The zero-order chi connectivity index (χ0) is 21.2. The lowest BCUT2D eigenvalue weighted by Crippen LogP contribution is -2.50. The van der Waals surface area contributed by atoms with Crippen molar-refractivity contribution in [1.29, 1.82) is 0 Å². The highest BCUT2D eigenvalue weighted by molar-refractivity contribution is 14.0. The van der Waals surface area contributed by atoms with Crippen molar-refractivity contribution in [3.8, 4) is 0 Å². The third kappa shape index (κ3) is 8.22. The van der Waals surface area contributed by atoms with Gasteiger partial charge in [0.15, 0.2) is 5.96 Å². The number of piperidine rings is 1. The number of hydrogen-bond acceptors (Lipinski definition) is 5. The van der Waals surface area contributed by atoms with Crippen molar-refractivity contribution in [1.82, 2.24) is 25.3 Å². The molecule has 3 rings (SSSR count). The van der Waals surface area contributed by atoms with Crippen LogP contribution in [0, 0.1) is 0 Å². The molecule has 1 aromatic heterocycles. The van der Waals surface area contributed by atoms with E-state index in [0.717, 1.165) is 64.1 Å². The minimum absolute atomic E-state index is 0. The number of aliphatic imine (C=N–C) groups is 1. The predicted molar refractivity (Wildman–Crippen MR) is 139 cm³/mol. The molecule has 2 fully saturated rings. The predicted octanol–water partition coefficient (Wildman–Crippen LogP) is 3.01. The molecular weight excluding hydrogens is 503 g/mol. The minimum atomic E-state index is 0. The monoisotopic (exact) mass is 546 g/mol. The Kier molecular flexibility index (Phi) is 12.2. The maximum atomic E-state index is 5.78. The normalized spacial score (nSPS) is 21.3. The standard InChI is InChI=1S/C23H42N6O.HI/c1-4-24-23(25-18-20(3)28-15-13-27(5-2)14-16-28)26-19-21(22-10-9-17-30-22)29-11-7-6-8-12-29;/h9-10,17,20-21H,4-8,11-16,18-19H2,1-3H3,(H2,24,25,26);1H. The number of halogens is 1. The third-order valence-electron chi connectivity index (χ3n) is 6.50. The van der Waals surface area contributed by atoms with E-state index in [2.05, 4.69) is 52.2 Å². The first-order chi connectivity index (χ1) is 14.7. The van der Waals surface area contributed by atoms with E-state index in [1.165, 1.54) is 32.4 Å². The molecule has 0 radical (unpaired) electrons. The third-order valence-corrected chi connectivity index (χ3v) is 6.50. The molecule has 31 heavy (non-hydrogen) atoms. The molecule has 2 saturated heterocycles. The number of guanidine groups is 1. The smallest absolute Gasteiger partial charge is 0.191 e. The van der Waals surface area contributed by atoms with Crippen molar-refractivity contribution in [2.45, 2.75) is 52.1 Å². The average Bonchev–Trinajstić information content (AvgIpc) is 3.32. The van der Waals surface area contributed by atoms with Crippen molar-refractivity contribution < 1.29 is 4.42 Å². The van der Waals surface area contributed by atoms with Crippen LogP contribution in [0.4, 0.5) is 0 Å². The summed E-state index contributed by atoms with van der Waals surface area (Å²) >= 11 is 0. The van der Waals surface area contributed by atoms with Gasteiger partial charge in [-0.05, 0) is 58.5 Å². The molecule has 2 unspecified atom stereocenters. The lowest BCUT2D eigenvalue weighted by molar-refractivity contribution is 0.109. The van der Waals surface area contributed by atoms with Gasteiger partial charge in [0.1, 0.15) is 5.76 Å². The molecule has 8 heteroatoms. The quantitative estimate of drug-likeness (QED) is 0.282. The van der Waals surface area contributed by atoms with E-state index in [1.54, 1.807) is 6.26 Å². The Balaban J connectivity index is 0.00000341. The molecule has 0 bridgehead atoms. The number of furan rings is 1. The summed E-state index contributed by atoms with van der Waals surface area (Å²) in [6, 6.07) is 4.81. The van der Waals surface area contributed by atoms with Crippen LogP contribution < -0.4 is 10.6 Å². The first kappa shape index (κ1) is 26.4. The van der Waals surface area contributed by atoms with Crippen LogP contribution in [0.25, 0.3) is 0 Å². The second kappa shape index (κ2) is 14.3. The number of piperazine rings is 1. The Bertz CT molecular complexity index is 612. The molecule has 0 amide bonds. The fourth-order valence-electron chi connectivity index (χ4n) is 4.51. The van der Waals surface area contributed by atoms with E-state index < -0.39 is 0 Å². The van der Waals surface area contributed by atoms with E-state index in [0.29, 0.717) is 6.04 Å². The van der Waals surface area contributed by atoms with E-state index in [-0.39, 0.29) is 30.0 Å². The number of likely N-dealkylation sites (tertiary alicyclic amines) is 1. The molecular formula is C23H43IN6O. The summed E-state index contributed by atoms with van der Waals surface area (Å²) in [6.45, 7) is 17.2. The first-order valence-corrected chi connectivity index (χ1v) is 12.0. The number of nitrogens with zero attached hydrogens (tertiary/aromatic N) is 4. The maximum absolute atomic E-state index is 5.78. The van der Waals surface area contributed by atoms with Gasteiger partial charge in [0.2, 0.25) is 0 Å². The number of rotatable bonds is 9. The number of nitrogens with one attached hydrogen (secondary N) is 2. The molecule has 7 nitrogen and oxygen atoms in total. The molecule has 1 aromatic rings. The van der Waals surface area contributed by atoms with Crippen LogP contribution in [-0.2, 0) is 0 Å². The van der Waals surface area contributed by atoms with Crippen LogP contribution in [0.3, 0.4) is 0 Å². The lowest BCUT2D eigenvalue weighted by Gasteiger charge is -2.37. The van der Waals surface area contributed by atoms with Gasteiger partial charge >= 0.3 is 0 Å². The summed E-state index contributed by atoms with van der Waals surface area (Å²) in [5.41, 5.74) is 0. The fraction of sp³-hybridized carbons (Fsp3) is 0.783. The summed E-state index contributed by atoms with van der Waals surface area (Å²) in [7, 11) is 0. The highest BCUT2D eigenvalue weighted by atomic mass is 127. The second-order valence-electron chi connectivity index (χ2n) is 8.55. The summed E-state index contributed by atoms with van der Waals surface area (Å²) in [6.07, 6.45) is 5.66. The maximum Gasteiger partial charge on any atom is 0.191 e. The van der Waals surface area contributed by atoms with E-state index in [4.69, 9.17) is 9.41 Å². The molecule has 0 aliphatic carbocycles. The van der Waals surface area contributed by atoms with Gasteiger partial charge in [-0.1, -0.05) is 13.3 Å². The fourth-order valence-corrected chi connectivity index (χ4v) is 4.51. The van der Waals surface area contributed by atoms with Gasteiger partial charge in [-0.15, -0.1) is 24.0 Å². The van der Waals surface area contributed by atoms with Crippen molar-refractivity contribution in [2.75, 3.05) is 65.4 Å². The zero-order valence-corrected chi connectivity index (χ0v) is 22.0. The van der Waals surface area contributed by atoms with Gasteiger partial charge in [-0.3, -0.25) is 14.8 Å². The van der Waals surface area contributed by atoms with Gasteiger partial charge in [-0.2, -0.15) is 0 Å². The second-order valence-corrected chi connectivity index (χ2v) is 8.55. The number of likely N-dealkylation sites (N-methyl/N-ethyl adjacent to an activating group) is 1. The molecule has 2 atom stereocenters. The molecule has 2 aliphatic heterocycles. The van der Waals surface area contributed by atoms with Crippen LogP contribution in [0.1, 0.15) is 51.8 Å². The highest BCUT2D eigenvalue weighted by Crippen LogP contribution is 2.24. The van der Waals surface area contributed by atoms with Crippen molar-refractivity contribution in [3.05, 3.63) is 24.2 Å². The molecule has 2 N–H and O–H groups in total. The van der Waals surface area contributed by atoms with Crippen LogP contribution in [0.15, 0.2) is 27.8 Å². The molecule has 2 aliphatic rings. The van der Waals surface area contributed by atoms with Crippen molar-refractivity contribution in [2.24, 2.45) is 4.99 Å². The van der Waals surface area contributed by atoms with E-state index in [9.17, 15) is 0 Å². The van der Waals surface area contributed by atoms with Gasteiger partial charge < -0.3 is 20.0 Å². The molecule has 178 valence electrons. The van der Waals surface area contributed by atoms with E-state index >= 15 is 0 Å². The SMILES string of the molecule is CCNC(=NCC(C)N1CCN(CC)CC1)NCC(c1ccco1)N1CCCCC1.I. The van der Waals surface area contributed by atoms with Gasteiger partial charge in [0.25, 0.3) is 0 Å². The lowest BCUT2D eigenvalue weighted by atomic mass is 10.1. The molecule has 0 spiro atoms. The summed E-state index contributed by atoms with van der Waals surface area (Å²) in [5, 5.41) is 7.01. The zero-order valence-electron chi connectivity index (χ0n) is 19.7. The summed E-state index contributed by atoms with van der Waals surface area (Å²) in [4.78, 5) is 12.6. The number of hydrogen-bond donors (Lipinski definition) is 2. The van der Waals surface area contributed by atoms with Gasteiger partial charge in [0, 0.05) is 45.3 Å². The minimum Gasteiger partial charge on any atom is -0.468 e. The Labute approximate surface area is 206 Å². The summed E-state index contributed by atoms with van der Waals surface area (Å²) < 4.78 is 5.78. The Morgan fingerprint density at radius 3 is 2.39 bits per heavy atom. The van der Waals surface area contributed by atoms with E-state index in [1.807, 2.05) is 6.07 Å². The van der Waals surface area contributed by atoms with Gasteiger partial charge in [-0.25, -0.2) is 0 Å². The largest absolute Gasteiger partial charge is 0.468 e. The topological polar surface area (TPSA) is 59.3 Å². The Hall–Kier alpha value is -0.840. The van der Waals surface area contributed by atoms with Crippen LogP contribution in [0.5, 0.6) is 0 Å². The molecule has 0 saturated carbocycles.